The lowest BCUT2D eigenvalue weighted by Crippen LogP contribution is -1.98. The van der Waals surface area contributed by atoms with Crippen molar-refractivity contribution >= 4 is 17.5 Å². The number of rotatable bonds is 2. The summed E-state index contributed by atoms with van der Waals surface area (Å²) < 4.78 is 0. The fourth-order valence-corrected chi connectivity index (χ4v) is 0.937. The summed E-state index contributed by atoms with van der Waals surface area (Å²) in [5.41, 5.74) is 5.49. The predicted molar refractivity (Wildman–Crippen MR) is 51.8 cm³/mol. The molecule has 0 aliphatic rings. The van der Waals surface area contributed by atoms with Gasteiger partial charge in [-0.2, -0.15) is 0 Å². The van der Waals surface area contributed by atoms with Crippen LogP contribution < -0.4 is 11.1 Å². The van der Waals surface area contributed by atoms with Crippen LogP contribution in [0.5, 0.6) is 0 Å². The van der Waals surface area contributed by atoms with E-state index in [0.717, 1.165) is 0 Å². The van der Waals surface area contributed by atoms with Gasteiger partial charge >= 0.3 is 0 Å². The summed E-state index contributed by atoms with van der Waals surface area (Å²) in [6.07, 6.45) is 4.48. The second kappa shape index (κ2) is 3.65. The molecule has 0 aliphatic carbocycles. The molecule has 0 bridgehead atoms. The van der Waals surface area contributed by atoms with E-state index in [9.17, 15) is 0 Å². The lowest BCUT2D eigenvalue weighted by Gasteiger charge is -2.02. The van der Waals surface area contributed by atoms with Crippen LogP contribution in [-0.2, 0) is 0 Å². The number of nitrogens with two attached hydrogens (primary N) is 1. The van der Waals surface area contributed by atoms with Crippen LogP contribution in [0.25, 0.3) is 0 Å². The molecule has 70 valence electrons. The molecule has 0 aromatic carbocycles. The predicted octanol–water partition coefficient (Wildman–Crippen LogP) is 0.592. The highest BCUT2D eigenvalue weighted by molar-refractivity contribution is 5.53. The average molecular weight is 188 g/mol. The highest BCUT2D eigenvalue weighted by atomic mass is 15.1. The van der Waals surface area contributed by atoms with Crippen LogP contribution >= 0.6 is 0 Å². The molecule has 2 aromatic heterocycles. The summed E-state index contributed by atoms with van der Waals surface area (Å²) in [6.45, 7) is 0. The highest BCUT2D eigenvalue weighted by Gasteiger charge is 1.96. The lowest BCUT2D eigenvalue weighted by molar-refractivity contribution is 1.14. The highest BCUT2D eigenvalue weighted by Crippen LogP contribution is 2.10. The monoisotopic (exact) mass is 188 g/mol. The van der Waals surface area contributed by atoms with E-state index in [4.69, 9.17) is 5.73 Å². The number of nitrogens with zero attached hydrogens (tertiary/aromatic N) is 4. The first-order valence-corrected chi connectivity index (χ1v) is 3.95. The Morgan fingerprint density at radius 2 is 1.93 bits per heavy atom. The molecule has 0 atom stereocenters. The van der Waals surface area contributed by atoms with Crippen molar-refractivity contribution < 1.29 is 0 Å². The lowest BCUT2D eigenvalue weighted by atomic mass is 10.5. The minimum atomic E-state index is 0.413. The van der Waals surface area contributed by atoms with E-state index in [1.807, 2.05) is 0 Å². The van der Waals surface area contributed by atoms with Crippen LogP contribution in [0.1, 0.15) is 0 Å². The Kier molecular flexibility index (Phi) is 2.18. The quantitative estimate of drug-likeness (QED) is 0.717. The molecular weight excluding hydrogens is 180 g/mol. The Labute approximate surface area is 80.3 Å². The van der Waals surface area contributed by atoms with Crippen LogP contribution in [0.15, 0.2) is 31.0 Å². The second-order valence-electron chi connectivity index (χ2n) is 2.55. The molecule has 14 heavy (non-hydrogen) atoms. The molecule has 0 radical (unpaired) electrons. The first-order chi connectivity index (χ1) is 6.84. The van der Waals surface area contributed by atoms with Gasteiger partial charge in [-0.05, 0) is 6.07 Å². The summed E-state index contributed by atoms with van der Waals surface area (Å²) in [4.78, 5) is 15.5. The maximum atomic E-state index is 5.49. The smallest absolute Gasteiger partial charge is 0.137 e. The molecule has 0 spiro atoms. The van der Waals surface area contributed by atoms with E-state index < -0.39 is 0 Å². The summed E-state index contributed by atoms with van der Waals surface area (Å²) in [5.74, 6) is 1.69. The zero-order chi connectivity index (χ0) is 9.80. The fraction of sp³-hybridized carbons (Fsp3) is 0. The summed E-state index contributed by atoms with van der Waals surface area (Å²) in [6, 6.07) is 3.36. The van der Waals surface area contributed by atoms with Crippen molar-refractivity contribution in [3.05, 3.63) is 31.0 Å². The molecule has 0 amide bonds. The van der Waals surface area contributed by atoms with Gasteiger partial charge in [0.25, 0.3) is 0 Å². The number of aromatic nitrogens is 4. The van der Waals surface area contributed by atoms with Crippen molar-refractivity contribution in [3.63, 3.8) is 0 Å². The average Bonchev–Trinajstić information content (AvgIpc) is 2.19. The van der Waals surface area contributed by atoms with Gasteiger partial charge in [0.15, 0.2) is 0 Å². The molecule has 0 aliphatic heterocycles. The second-order valence-corrected chi connectivity index (χ2v) is 2.55. The Morgan fingerprint density at radius 3 is 2.64 bits per heavy atom. The number of hydrogen-bond acceptors (Lipinski definition) is 6. The molecule has 0 unspecified atom stereocenters. The molecule has 6 nitrogen and oxygen atoms in total. The minimum absolute atomic E-state index is 0.413. The molecular formula is C8H8N6. The van der Waals surface area contributed by atoms with E-state index >= 15 is 0 Å². The Morgan fingerprint density at radius 1 is 1.07 bits per heavy atom. The fourth-order valence-electron chi connectivity index (χ4n) is 0.937. The molecule has 2 rings (SSSR count). The molecule has 2 heterocycles. The van der Waals surface area contributed by atoms with Gasteiger partial charge in [-0.3, -0.25) is 0 Å². The van der Waals surface area contributed by atoms with Gasteiger partial charge < -0.3 is 11.1 Å². The first kappa shape index (κ1) is 8.36. The van der Waals surface area contributed by atoms with Crippen LogP contribution in [0.3, 0.4) is 0 Å². The van der Waals surface area contributed by atoms with E-state index in [1.54, 1.807) is 18.3 Å². The van der Waals surface area contributed by atoms with Crippen molar-refractivity contribution in [1.29, 1.82) is 0 Å². The van der Waals surface area contributed by atoms with Crippen LogP contribution in [0.2, 0.25) is 0 Å². The van der Waals surface area contributed by atoms with Crippen LogP contribution in [0, 0.1) is 0 Å². The van der Waals surface area contributed by atoms with Gasteiger partial charge in [0.2, 0.25) is 0 Å². The number of nitrogens with one attached hydrogen (secondary N) is 1. The van der Waals surface area contributed by atoms with Crippen molar-refractivity contribution in [2.24, 2.45) is 0 Å². The largest absolute Gasteiger partial charge is 0.384 e. The van der Waals surface area contributed by atoms with Crippen LogP contribution in [-0.4, -0.2) is 19.9 Å². The summed E-state index contributed by atoms with van der Waals surface area (Å²) in [7, 11) is 0. The maximum Gasteiger partial charge on any atom is 0.137 e. The maximum absolute atomic E-state index is 5.49. The van der Waals surface area contributed by atoms with Gasteiger partial charge in [0.1, 0.15) is 30.1 Å². The molecule has 6 heteroatoms. The molecule has 3 N–H and O–H groups in total. The first-order valence-electron chi connectivity index (χ1n) is 3.95. The van der Waals surface area contributed by atoms with Gasteiger partial charge in [0, 0.05) is 12.3 Å². The normalized spacial score (nSPS) is 9.71. The minimum Gasteiger partial charge on any atom is -0.384 e. The Balaban J connectivity index is 2.19. The van der Waals surface area contributed by atoms with Crippen molar-refractivity contribution in [2.45, 2.75) is 0 Å². The zero-order valence-corrected chi connectivity index (χ0v) is 7.25. The van der Waals surface area contributed by atoms with Gasteiger partial charge in [0.05, 0.1) is 0 Å². The summed E-state index contributed by atoms with van der Waals surface area (Å²) in [5, 5.41) is 2.96. The molecule has 0 saturated heterocycles. The summed E-state index contributed by atoms with van der Waals surface area (Å²) >= 11 is 0. The van der Waals surface area contributed by atoms with E-state index in [2.05, 4.69) is 25.3 Å². The topological polar surface area (TPSA) is 89.6 Å². The van der Waals surface area contributed by atoms with Crippen molar-refractivity contribution in [1.82, 2.24) is 19.9 Å². The van der Waals surface area contributed by atoms with Crippen molar-refractivity contribution in [2.75, 3.05) is 11.1 Å². The third-order valence-corrected chi connectivity index (χ3v) is 1.53. The molecule has 0 fully saturated rings. The van der Waals surface area contributed by atoms with Gasteiger partial charge in [-0.1, -0.05) is 0 Å². The SMILES string of the molecule is Nc1cc(Nc2ccncn2)ncn1. The Bertz CT molecular complexity index is 415. The number of anilines is 3. The van der Waals surface area contributed by atoms with E-state index in [0.29, 0.717) is 17.5 Å². The van der Waals surface area contributed by atoms with Crippen LogP contribution in [0.4, 0.5) is 17.5 Å². The number of nitrogen functional groups attached to an aromatic ring is 1. The zero-order valence-electron chi connectivity index (χ0n) is 7.25. The molecule has 0 saturated carbocycles. The van der Waals surface area contributed by atoms with Gasteiger partial charge in [-0.15, -0.1) is 0 Å². The van der Waals surface area contributed by atoms with E-state index in [-0.39, 0.29) is 0 Å². The number of hydrogen-bond donors (Lipinski definition) is 2. The third-order valence-electron chi connectivity index (χ3n) is 1.53. The van der Waals surface area contributed by atoms with Gasteiger partial charge in [-0.25, -0.2) is 19.9 Å². The Hall–Kier alpha value is -2.24. The van der Waals surface area contributed by atoms with Crippen molar-refractivity contribution in [3.8, 4) is 0 Å². The molecule has 2 aromatic rings. The standard InChI is InChI=1S/C8H8N6/c9-6-3-8(13-5-11-6)14-7-1-2-10-4-12-7/h1-5H,(H3,9,10,11,12,13,14). The van der Waals surface area contributed by atoms with E-state index in [1.165, 1.54) is 12.7 Å². The third kappa shape index (κ3) is 1.92.